The second kappa shape index (κ2) is 8.15. The summed E-state index contributed by atoms with van der Waals surface area (Å²) >= 11 is 0. The molecule has 0 saturated carbocycles. The van der Waals surface area contributed by atoms with Gasteiger partial charge in [-0.3, -0.25) is 9.59 Å². The number of aryl methyl sites for hydroxylation is 1. The molecule has 1 aliphatic heterocycles. The zero-order valence-electron chi connectivity index (χ0n) is 15.2. The van der Waals surface area contributed by atoms with Crippen molar-refractivity contribution < 1.29 is 14.3 Å². The van der Waals surface area contributed by atoms with Gasteiger partial charge in [-0.25, -0.2) is 0 Å². The number of nitrogens with one attached hydrogen (secondary N) is 2. The first-order valence-electron chi connectivity index (χ1n) is 8.92. The smallest absolute Gasteiger partial charge is 0.255 e. The van der Waals surface area contributed by atoms with Crippen LogP contribution in [0.15, 0.2) is 42.5 Å². The molecule has 0 spiro atoms. The van der Waals surface area contributed by atoms with Crippen LogP contribution in [0.1, 0.15) is 44.7 Å². The maximum Gasteiger partial charge on any atom is 0.255 e. The summed E-state index contributed by atoms with van der Waals surface area (Å²) in [7, 11) is 0. The Hall–Kier alpha value is -2.66. The molecule has 5 heteroatoms. The second-order valence-electron chi connectivity index (χ2n) is 6.63. The lowest BCUT2D eigenvalue weighted by Gasteiger charge is -2.12. The zero-order chi connectivity index (χ0) is 18.5. The van der Waals surface area contributed by atoms with E-state index in [1.165, 1.54) is 0 Å². The van der Waals surface area contributed by atoms with Crippen LogP contribution >= 0.6 is 0 Å². The molecule has 1 aliphatic rings. The molecule has 0 radical (unpaired) electrons. The molecule has 2 amide bonds. The van der Waals surface area contributed by atoms with Crippen molar-refractivity contribution >= 4 is 17.5 Å². The lowest BCUT2D eigenvalue weighted by molar-refractivity contribution is 0.0858. The van der Waals surface area contributed by atoms with Crippen LogP contribution in [0.4, 0.5) is 5.69 Å². The van der Waals surface area contributed by atoms with E-state index in [4.69, 9.17) is 4.74 Å². The summed E-state index contributed by atoms with van der Waals surface area (Å²) in [5.41, 5.74) is 3.85. The topological polar surface area (TPSA) is 67.4 Å². The van der Waals surface area contributed by atoms with Gasteiger partial charge in [0.15, 0.2) is 0 Å². The Morgan fingerprint density at radius 3 is 2.54 bits per heavy atom. The second-order valence-corrected chi connectivity index (χ2v) is 6.63. The van der Waals surface area contributed by atoms with Crippen molar-refractivity contribution in [2.45, 2.75) is 32.8 Å². The fraction of sp³-hybridized carbons (Fsp3) is 0.333. The van der Waals surface area contributed by atoms with Crippen molar-refractivity contribution in [3.8, 4) is 0 Å². The minimum atomic E-state index is -0.229. The molecule has 26 heavy (non-hydrogen) atoms. The minimum absolute atomic E-state index is 0.0923. The molecule has 0 aliphatic carbocycles. The van der Waals surface area contributed by atoms with Crippen molar-refractivity contribution in [2.24, 2.45) is 0 Å². The predicted octanol–water partition coefficient (Wildman–Crippen LogP) is 3.46. The third-order valence-electron chi connectivity index (χ3n) is 4.75. The van der Waals surface area contributed by atoms with E-state index in [-0.39, 0.29) is 17.9 Å². The molecule has 136 valence electrons. The fourth-order valence-electron chi connectivity index (χ4n) is 3.00. The SMILES string of the molecule is Cc1cccc(NC(=O)c2cccc(C(=O)NCC3CCCO3)c2)c1C. The van der Waals surface area contributed by atoms with Crippen molar-refractivity contribution in [2.75, 3.05) is 18.5 Å². The average Bonchev–Trinajstić information content (AvgIpc) is 3.17. The molecule has 1 fully saturated rings. The predicted molar refractivity (Wildman–Crippen MR) is 102 cm³/mol. The molecule has 3 rings (SSSR count). The number of hydrogen-bond acceptors (Lipinski definition) is 3. The molecule has 1 saturated heterocycles. The van der Waals surface area contributed by atoms with Gasteiger partial charge in [-0.05, 0) is 62.1 Å². The van der Waals surface area contributed by atoms with Crippen LogP contribution in [0, 0.1) is 13.8 Å². The standard InChI is InChI=1S/C21H24N2O3/c1-14-6-3-10-19(15(14)2)23-21(25)17-8-4-7-16(12-17)20(24)22-13-18-9-5-11-26-18/h3-4,6-8,10,12,18H,5,9,11,13H2,1-2H3,(H,22,24)(H,23,25). The largest absolute Gasteiger partial charge is 0.376 e. The van der Waals surface area contributed by atoms with Gasteiger partial charge in [-0.2, -0.15) is 0 Å². The Kier molecular flexibility index (Phi) is 5.68. The Morgan fingerprint density at radius 1 is 1.08 bits per heavy atom. The summed E-state index contributed by atoms with van der Waals surface area (Å²) in [6.07, 6.45) is 2.10. The molecule has 1 atom stereocenters. The molecular formula is C21H24N2O3. The Labute approximate surface area is 153 Å². The highest BCUT2D eigenvalue weighted by Gasteiger charge is 2.17. The van der Waals surface area contributed by atoms with Gasteiger partial charge in [0, 0.05) is 30.0 Å². The number of anilines is 1. The van der Waals surface area contributed by atoms with Gasteiger partial charge >= 0.3 is 0 Å². The van der Waals surface area contributed by atoms with Crippen molar-refractivity contribution in [3.63, 3.8) is 0 Å². The van der Waals surface area contributed by atoms with Gasteiger partial charge in [0.2, 0.25) is 0 Å². The summed E-state index contributed by atoms with van der Waals surface area (Å²) in [4.78, 5) is 24.9. The number of carbonyl (C=O) groups excluding carboxylic acids is 2. The van der Waals surface area contributed by atoms with Gasteiger partial charge in [-0.15, -0.1) is 0 Å². The van der Waals surface area contributed by atoms with Crippen LogP contribution < -0.4 is 10.6 Å². The molecule has 0 bridgehead atoms. The van der Waals surface area contributed by atoms with Crippen molar-refractivity contribution in [3.05, 3.63) is 64.7 Å². The summed E-state index contributed by atoms with van der Waals surface area (Å²) in [6, 6.07) is 12.5. The van der Waals surface area contributed by atoms with Crippen molar-refractivity contribution in [1.29, 1.82) is 0 Å². The van der Waals surface area contributed by atoms with Crippen LogP contribution in [-0.2, 0) is 4.74 Å². The summed E-state index contributed by atoms with van der Waals surface area (Å²) in [6.45, 7) is 5.23. The first-order chi connectivity index (χ1) is 12.5. The van der Waals surface area contributed by atoms with Gasteiger partial charge in [0.05, 0.1) is 6.10 Å². The highest BCUT2D eigenvalue weighted by atomic mass is 16.5. The van der Waals surface area contributed by atoms with Gasteiger partial charge < -0.3 is 15.4 Å². The summed E-state index contributed by atoms with van der Waals surface area (Å²) < 4.78 is 5.51. The van der Waals surface area contributed by atoms with E-state index < -0.39 is 0 Å². The monoisotopic (exact) mass is 352 g/mol. The number of amides is 2. The lowest BCUT2D eigenvalue weighted by Crippen LogP contribution is -2.31. The van der Waals surface area contributed by atoms with Crippen molar-refractivity contribution in [1.82, 2.24) is 5.32 Å². The van der Waals surface area contributed by atoms with E-state index in [0.29, 0.717) is 17.7 Å². The fourth-order valence-corrected chi connectivity index (χ4v) is 3.00. The molecule has 5 nitrogen and oxygen atoms in total. The number of carbonyl (C=O) groups is 2. The molecular weight excluding hydrogens is 328 g/mol. The highest BCUT2D eigenvalue weighted by Crippen LogP contribution is 2.19. The lowest BCUT2D eigenvalue weighted by atomic mass is 10.1. The molecule has 1 unspecified atom stereocenters. The third kappa shape index (κ3) is 4.29. The van der Waals surface area contributed by atoms with E-state index in [2.05, 4.69) is 10.6 Å². The van der Waals surface area contributed by atoms with Crippen LogP contribution in [0.5, 0.6) is 0 Å². The molecule has 2 N–H and O–H groups in total. The van der Waals surface area contributed by atoms with Crippen LogP contribution in [-0.4, -0.2) is 31.1 Å². The normalized spacial score (nSPS) is 16.3. The number of hydrogen-bond donors (Lipinski definition) is 2. The van der Waals surface area contributed by atoms with E-state index in [1.54, 1.807) is 24.3 Å². The van der Waals surface area contributed by atoms with Crippen LogP contribution in [0.3, 0.4) is 0 Å². The molecule has 1 heterocycles. The number of rotatable bonds is 5. The van der Waals surface area contributed by atoms with Gasteiger partial charge in [0.1, 0.15) is 0 Å². The zero-order valence-corrected chi connectivity index (χ0v) is 15.2. The highest BCUT2D eigenvalue weighted by molar-refractivity contribution is 6.06. The van der Waals surface area contributed by atoms with E-state index in [1.807, 2.05) is 32.0 Å². The maximum absolute atomic E-state index is 12.6. The van der Waals surface area contributed by atoms with Gasteiger partial charge in [0.25, 0.3) is 11.8 Å². The first kappa shape index (κ1) is 18.1. The van der Waals surface area contributed by atoms with E-state index >= 15 is 0 Å². The molecule has 2 aromatic carbocycles. The Bertz CT molecular complexity index is 811. The minimum Gasteiger partial charge on any atom is -0.376 e. The number of benzene rings is 2. The van der Waals surface area contributed by atoms with Gasteiger partial charge in [-0.1, -0.05) is 18.2 Å². The third-order valence-corrected chi connectivity index (χ3v) is 4.75. The maximum atomic E-state index is 12.6. The van der Waals surface area contributed by atoms with Crippen LogP contribution in [0.25, 0.3) is 0 Å². The molecule has 2 aromatic rings. The number of ether oxygens (including phenoxy) is 1. The summed E-state index contributed by atoms with van der Waals surface area (Å²) in [5, 5.41) is 5.80. The average molecular weight is 352 g/mol. The summed E-state index contributed by atoms with van der Waals surface area (Å²) in [5.74, 6) is -0.422. The quantitative estimate of drug-likeness (QED) is 0.866. The van der Waals surface area contributed by atoms with E-state index in [9.17, 15) is 9.59 Å². The molecule has 0 aromatic heterocycles. The first-order valence-corrected chi connectivity index (χ1v) is 8.92. The Balaban J connectivity index is 1.66. The van der Waals surface area contributed by atoms with Crippen LogP contribution in [0.2, 0.25) is 0 Å². The Morgan fingerprint density at radius 2 is 1.81 bits per heavy atom. The van der Waals surface area contributed by atoms with E-state index in [0.717, 1.165) is 36.3 Å².